The fraction of sp³-hybridized carbons (Fsp3) is 0.0588. The van der Waals surface area contributed by atoms with Crippen molar-refractivity contribution in [2.75, 3.05) is 10.6 Å². The number of fused-ring (bicyclic) bond motifs is 1. The van der Waals surface area contributed by atoms with E-state index in [0.29, 0.717) is 11.4 Å². The highest BCUT2D eigenvalue weighted by atomic mass is 32.1. The fourth-order valence-electron chi connectivity index (χ4n) is 2.51. The van der Waals surface area contributed by atoms with Crippen LogP contribution in [0.2, 0.25) is 0 Å². The minimum absolute atomic E-state index is 0.335. The van der Waals surface area contributed by atoms with Crippen molar-refractivity contribution in [2.24, 2.45) is 0 Å². The first-order chi connectivity index (χ1) is 12.2. The number of carbonyl (C=O) groups is 1. The van der Waals surface area contributed by atoms with E-state index >= 15 is 0 Å². The van der Waals surface area contributed by atoms with E-state index in [4.69, 9.17) is 0 Å². The summed E-state index contributed by atoms with van der Waals surface area (Å²) < 4.78 is 10.1. The van der Waals surface area contributed by atoms with E-state index in [2.05, 4.69) is 24.5 Å². The van der Waals surface area contributed by atoms with E-state index in [9.17, 15) is 4.79 Å². The van der Waals surface area contributed by atoms with Crippen molar-refractivity contribution in [3.05, 3.63) is 60.4 Å². The SMILES string of the molecule is Cc1c(NC(=O)Nc2ccc3nsnc3c2)cnn1-c1ccccc1. The number of urea groups is 1. The molecule has 2 aromatic heterocycles. The molecule has 4 aromatic rings. The van der Waals surface area contributed by atoms with Crippen LogP contribution in [-0.4, -0.2) is 24.6 Å². The number of amides is 2. The second kappa shape index (κ2) is 6.33. The van der Waals surface area contributed by atoms with Crippen LogP contribution in [-0.2, 0) is 0 Å². The molecule has 0 aliphatic rings. The van der Waals surface area contributed by atoms with Crippen LogP contribution in [0.4, 0.5) is 16.2 Å². The number of benzene rings is 2. The molecule has 0 saturated carbocycles. The van der Waals surface area contributed by atoms with Gasteiger partial charge in [-0.2, -0.15) is 13.8 Å². The molecule has 7 nitrogen and oxygen atoms in total. The van der Waals surface area contributed by atoms with Gasteiger partial charge in [-0.15, -0.1) is 0 Å². The van der Waals surface area contributed by atoms with Gasteiger partial charge < -0.3 is 10.6 Å². The number of hydrogen-bond acceptors (Lipinski definition) is 5. The van der Waals surface area contributed by atoms with Crippen molar-refractivity contribution in [3.63, 3.8) is 0 Å². The number of nitrogens with one attached hydrogen (secondary N) is 2. The topological polar surface area (TPSA) is 84.7 Å². The molecule has 0 spiro atoms. The molecule has 0 aliphatic heterocycles. The van der Waals surface area contributed by atoms with Crippen molar-refractivity contribution in [1.29, 1.82) is 0 Å². The quantitative estimate of drug-likeness (QED) is 0.588. The van der Waals surface area contributed by atoms with Crippen molar-refractivity contribution >= 4 is 40.2 Å². The highest BCUT2D eigenvalue weighted by Crippen LogP contribution is 2.20. The Morgan fingerprint density at radius 3 is 2.68 bits per heavy atom. The van der Waals surface area contributed by atoms with Gasteiger partial charge in [0.05, 0.1) is 35.0 Å². The van der Waals surface area contributed by atoms with Crippen LogP contribution in [0.25, 0.3) is 16.7 Å². The maximum atomic E-state index is 12.3. The Kier molecular flexibility index (Phi) is 3.87. The first-order valence-electron chi connectivity index (χ1n) is 7.61. The number of rotatable bonds is 3. The second-order valence-corrected chi connectivity index (χ2v) is 5.97. The molecule has 124 valence electrons. The first-order valence-corrected chi connectivity index (χ1v) is 8.34. The molecule has 2 amide bonds. The number of aromatic nitrogens is 4. The minimum Gasteiger partial charge on any atom is -0.308 e. The zero-order valence-electron chi connectivity index (χ0n) is 13.3. The Balaban J connectivity index is 1.50. The minimum atomic E-state index is -0.335. The van der Waals surface area contributed by atoms with E-state index in [-0.39, 0.29) is 6.03 Å². The third kappa shape index (κ3) is 3.07. The van der Waals surface area contributed by atoms with Gasteiger partial charge in [0, 0.05) is 5.69 Å². The molecular weight excluding hydrogens is 336 g/mol. The smallest absolute Gasteiger partial charge is 0.308 e. The normalized spacial score (nSPS) is 10.8. The van der Waals surface area contributed by atoms with Gasteiger partial charge in [0.1, 0.15) is 11.0 Å². The monoisotopic (exact) mass is 350 g/mol. The summed E-state index contributed by atoms with van der Waals surface area (Å²) in [5.74, 6) is 0. The summed E-state index contributed by atoms with van der Waals surface area (Å²) in [5.41, 5.74) is 4.67. The van der Waals surface area contributed by atoms with E-state index < -0.39 is 0 Å². The van der Waals surface area contributed by atoms with Gasteiger partial charge in [-0.25, -0.2) is 9.48 Å². The molecule has 2 heterocycles. The van der Waals surface area contributed by atoms with Gasteiger partial charge >= 0.3 is 6.03 Å². The summed E-state index contributed by atoms with van der Waals surface area (Å²) in [6.45, 7) is 1.91. The molecule has 0 unspecified atom stereocenters. The first kappa shape index (κ1) is 15.3. The lowest BCUT2D eigenvalue weighted by molar-refractivity contribution is 0.262. The predicted molar refractivity (Wildman–Crippen MR) is 98.4 cm³/mol. The average Bonchev–Trinajstić information content (AvgIpc) is 3.22. The molecule has 0 aliphatic carbocycles. The summed E-state index contributed by atoms with van der Waals surface area (Å²) in [4.78, 5) is 12.3. The van der Waals surface area contributed by atoms with Crippen molar-refractivity contribution in [2.45, 2.75) is 6.92 Å². The number of para-hydroxylation sites is 1. The Hall–Kier alpha value is -3.26. The van der Waals surface area contributed by atoms with Crippen molar-refractivity contribution in [1.82, 2.24) is 18.5 Å². The molecule has 0 bridgehead atoms. The maximum Gasteiger partial charge on any atom is 0.323 e. The van der Waals surface area contributed by atoms with Crippen LogP contribution in [0.3, 0.4) is 0 Å². The Morgan fingerprint density at radius 1 is 1.04 bits per heavy atom. The van der Waals surface area contributed by atoms with Crippen LogP contribution in [0.5, 0.6) is 0 Å². The number of nitrogens with zero attached hydrogens (tertiary/aromatic N) is 4. The van der Waals surface area contributed by atoms with Gasteiger partial charge in [-0.1, -0.05) is 18.2 Å². The van der Waals surface area contributed by atoms with Crippen molar-refractivity contribution < 1.29 is 4.79 Å². The zero-order valence-corrected chi connectivity index (χ0v) is 14.1. The van der Waals surface area contributed by atoms with E-state index in [0.717, 1.165) is 34.1 Å². The summed E-state index contributed by atoms with van der Waals surface area (Å²) in [6, 6.07) is 14.8. The van der Waals surface area contributed by atoms with Crippen LogP contribution in [0.1, 0.15) is 5.69 Å². The van der Waals surface area contributed by atoms with Gasteiger partial charge in [-0.3, -0.25) is 0 Å². The lowest BCUT2D eigenvalue weighted by atomic mass is 10.3. The Morgan fingerprint density at radius 2 is 1.84 bits per heavy atom. The largest absolute Gasteiger partial charge is 0.323 e. The molecule has 2 aromatic carbocycles. The highest BCUT2D eigenvalue weighted by molar-refractivity contribution is 7.00. The maximum absolute atomic E-state index is 12.3. The molecule has 0 saturated heterocycles. The van der Waals surface area contributed by atoms with Gasteiger partial charge in [0.15, 0.2) is 0 Å². The fourth-order valence-corrected chi connectivity index (χ4v) is 3.02. The summed E-state index contributed by atoms with van der Waals surface area (Å²) in [5, 5.41) is 9.96. The summed E-state index contributed by atoms with van der Waals surface area (Å²) in [7, 11) is 0. The number of hydrogen-bond donors (Lipinski definition) is 2. The average molecular weight is 350 g/mol. The Labute approximate surface area is 147 Å². The lowest BCUT2D eigenvalue weighted by Gasteiger charge is -2.08. The van der Waals surface area contributed by atoms with Crippen LogP contribution in [0.15, 0.2) is 54.7 Å². The third-order valence-electron chi connectivity index (χ3n) is 3.77. The molecule has 2 N–H and O–H groups in total. The zero-order chi connectivity index (χ0) is 17.2. The van der Waals surface area contributed by atoms with E-state index in [1.54, 1.807) is 23.0 Å². The molecular formula is C17H14N6OS. The number of carbonyl (C=O) groups excluding carboxylic acids is 1. The van der Waals surface area contributed by atoms with Gasteiger partial charge in [0.25, 0.3) is 0 Å². The molecule has 0 atom stereocenters. The summed E-state index contributed by atoms with van der Waals surface area (Å²) in [6.07, 6.45) is 1.63. The van der Waals surface area contributed by atoms with E-state index in [1.165, 1.54) is 0 Å². The molecule has 25 heavy (non-hydrogen) atoms. The molecule has 8 heteroatoms. The number of anilines is 2. The van der Waals surface area contributed by atoms with Gasteiger partial charge in [0.2, 0.25) is 0 Å². The Bertz CT molecular complexity index is 1040. The predicted octanol–water partition coefficient (Wildman–Crippen LogP) is 3.83. The van der Waals surface area contributed by atoms with Crippen LogP contribution >= 0.6 is 11.7 Å². The van der Waals surface area contributed by atoms with Crippen LogP contribution in [0, 0.1) is 6.92 Å². The second-order valence-electron chi connectivity index (χ2n) is 5.44. The van der Waals surface area contributed by atoms with Crippen LogP contribution < -0.4 is 10.6 Å². The molecule has 0 fully saturated rings. The van der Waals surface area contributed by atoms with E-state index in [1.807, 2.05) is 43.3 Å². The molecule has 0 radical (unpaired) electrons. The lowest BCUT2D eigenvalue weighted by Crippen LogP contribution is -2.19. The highest BCUT2D eigenvalue weighted by Gasteiger charge is 2.11. The van der Waals surface area contributed by atoms with Crippen molar-refractivity contribution in [3.8, 4) is 5.69 Å². The summed E-state index contributed by atoms with van der Waals surface area (Å²) >= 11 is 1.15. The van der Waals surface area contributed by atoms with Gasteiger partial charge in [-0.05, 0) is 37.3 Å². The standard InChI is InChI=1S/C17H14N6OS/c1-11-16(10-18-23(11)13-5-3-2-4-6-13)20-17(24)19-12-7-8-14-15(9-12)22-25-21-14/h2-10H,1H3,(H2,19,20,24). The third-order valence-corrected chi connectivity index (χ3v) is 4.33. The molecule has 4 rings (SSSR count).